The summed E-state index contributed by atoms with van der Waals surface area (Å²) in [5.74, 6) is -0.854. The Hall–Kier alpha value is -0.770. The smallest absolute Gasteiger partial charge is 0.352 e. The largest absolute Gasteiger partial charge is 0.477 e. The number of rotatable bonds is 2. The van der Waals surface area contributed by atoms with Gasteiger partial charge in [0.05, 0.1) is 0 Å². The van der Waals surface area contributed by atoms with Crippen molar-refractivity contribution in [2.24, 2.45) is 0 Å². The summed E-state index contributed by atoms with van der Waals surface area (Å²) in [7, 11) is 0. The number of aromatic carboxylic acids is 1. The molecule has 0 aliphatic heterocycles. The minimum Gasteiger partial charge on any atom is -0.477 e. The highest BCUT2D eigenvalue weighted by atomic mass is 79.9. The summed E-state index contributed by atoms with van der Waals surface area (Å²) in [5.41, 5.74) is 0.379. The lowest BCUT2D eigenvalue weighted by Gasteiger charge is -2.01. The molecule has 12 heavy (non-hydrogen) atoms. The van der Waals surface area contributed by atoms with Crippen molar-refractivity contribution < 1.29 is 9.90 Å². The summed E-state index contributed by atoms with van der Waals surface area (Å²) in [4.78, 5) is 10.7. The molecule has 0 radical (unpaired) electrons. The van der Waals surface area contributed by atoms with Crippen LogP contribution >= 0.6 is 15.9 Å². The van der Waals surface area contributed by atoms with Crippen LogP contribution in [0.1, 0.15) is 29.4 Å². The molecular formula is C8H8BrNO2. The normalized spacial score (nSPS) is 16.4. The summed E-state index contributed by atoms with van der Waals surface area (Å²) < 4.78 is 2.67. The van der Waals surface area contributed by atoms with E-state index in [1.165, 1.54) is 0 Å². The number of hydrogen-bond donors (Lipinski definition) is 1. The molecule has 3 nitrogen and oxygen atoms in total. The predicted octanol–water partition coefficient (Wildman–Crippen LogP) is 2.28. The SMILES string of the molecule is O=C(O)c1cc(Br)cn1C1CC1. The molecule has 0 saturated heterocycles. The third kappa shape index (κ3) is 1.27. The Morgan fingerprint density at radius 2 is 2.33 bits per heavy atom. The first-order chi connectivity index (χ1) is 5.68. The van der Waals surface area contributed by atoms with Crippen LogP contribution in [-0.2, 0) is 0 Å². The first kappa shape index (κ1) is 7.86. The van der Waals surface area contributed by atoms with Crippen LogP contribution < -0.4 is 0 Å². The molecule has 0 unspecified atom stereocenters. The van der Waals surface area contributed by atoms with Crippen molar-refractivity contribution >= 4 is 21.9 Å². The van der Waals surface area contributed by atoms with Crippen LogP contribution in [0.4, 0.5) is 0 Å². The molecule has 0 aromatic carbocycles. The van der Waals surface area contributed by atoms with E-state index in [9.17, 15) is 4.79 Å². The average Bonchev–Trinajstić information content (AvgIpc) is 2.75. The highest BCUT2D eigenvalue weighted by molar-refractivity contribution is 9.10. The van der Waals surface area contributed by atoms with Gasteiger partial charge in [0.1, 0.15) is 5.69 Å². The maximum atomic E-state index is 10.7. The molecule has 2 rings (SSSR count). The molecule has 4 heteroatoms. The number of halogens is 1. The maximum absolute atomic E-state index is 10.7. The van der Waals surface area contributed by atoms with Gasteiger partial charge >= 0.3 is 5.97 Å². The zero-order valence-electron chi connectivity index (χ0n) is 6.33. The monoisotopic (exact) mass is 229 g/mol. The Balaban J connectivity index is 2.43. The number of nitrogens with zero attached hydrogens (tertiary/aromatic N) is 1. The minimum atomic E-state index is -0.854. The highest BCUT2D eigenvalue weighted by Crippen LogP contribution is 2.37. The molecular weight excluding hydrogens is 222 g/mol. The first-order valence-electron chi connectivity index (χ1n) is 3.79. The molecule has 0 spiro atoms. The molecule has 1 saturated carbocycles. The van der Waals surface area contributed by atoms with E-state index in [0.29, 0.717) is 11.7 Å². The number of carboxylic acids is 1. The van der Waals surface area contributed by atoms with E-state index in [0.717, 1.165) is 17.3 Å². The van der Waals surface area contributed by atoms with Crippen molar-refractivity contribution in [3.8, 4) is 0 Å². The Morgan fingerprint density at radius 1 is 1.67 bits per heavy atom. The topological polar surface area (TPSA) is 42.2 Å². The third-order valence-electron chi connectivity index (χ3n) is 1.97. The van der Waals surface area contributed by atoms with Gasteiger partial charge in [0.25, 0.3) is 0 Å². The molecule has 1 N–H and O–H groups in total. The number of carboxylic acid groups (broad SMARTS) is 1. The van der Waals surface area contributed by atoms with Crippen molar-refractivity contribution in [2.75, 3.05) is 0 Å². The Bertz CT molecular complexity index is 328. The van der Waals surface area contributed by atoms with Crippen LogP contribution in [0, 0.1) is 0 Å². The van der Waals surface area contributed by atoms with E-state index in [-0.39, 0.29) is 0 Å². The van der Waals surface area contributed by atoms with E-state index in [2.05, 4.69) is 15.9 Å². The standard InChI is InChI=1S/C8H8BrNO2/c9-5-3-7(8(11)12)10(4-5)6-1-2-6/h3-4,6H,1-2H2,(H,11,12). The van der Waals surface area contributed by atoms with Gasteiger partial charge in [-0.2, -0.15) is 0 Å². The van der Waals surface area contributed by atoms with Crippen LogP contribution in [0.15, 0.2) is 16.7 Å². The Labute approximate surface area is 78.1 Å². The summed E-state index contributed by atoms with van der Waals surface area (Å²) in [5, 5.41) is 8.81. The van der Waals surface area contributed by atoms with Crippen molar-refractivity contribution in [2.45, 2.75) is 18.9 Å². The van der Waals surface area contributed by atoms with Gasteiger partial charge in [-0.1, -0.05) is 0 Å². The second kappa shape index (κ2) is 2.62. The van der Waals surface area contributed by atoms with Gasteiger partial charge in [-0.3, -0.25) is 0 Å². The van der Waals surface area contributed by atoms with Gasteiger partial charge in [0.15, 0.2) is 0 Å². The Morgan fingerprint density at radius 3 is 2.83 bits per heavy atom. The second-order valence-electron chi connectivity index (χ2n) is 2.99. The molecule has 1 aromatic rings. The number of hydrogen-bond acceptors (Lipinski definition) is 1. The fourth-order valence-corrected chi connectivity index (χ4v) is 1.71. The van der Waals surface area contributed by atoms with Crippen LogP contribution in [0.25, 0.3) is 0 Å². The van der Waals surface area contributed by atoms with Crippen molar-refractivity contribution in [1.29, 1.82) is 0 Å². The van der Waals surface area contributed by atoms with Crippen LogP contribution in [-0.4, -0.2) is 15.6 Å². The molecule has 0 atom stereocenters. The van der Waals surface area contributed by atoms with Crippen molar-refractivity contribution in [3.05, 3.63) is 22.4 Å². The van der Waals surface area contributed by atoms with Gasteiger partial charge in [-0.05, 0) is 34.8 Å². The predicted molar refractivity (Wildman–Crippen MR) is 47.4 cm³/mol. The molecule has 1 aromatic heterocycles. The quantitative estimate of drug-likeness (QED) is 0.846. The molecule has 1 aliphatic carbocycles. The highest BCUT2D eigenvalue weighted by Gasteiger charge is 2.27. The lowest BCUT2D eigenvalue weighted by Crippen LogP contribution is -2.05. The maximum Gasteiger partial charge on any atom is 0.352 e. The van der Waals surface area contributed by atoms with Gasteiger partial charge in [0.2, 0.25) is 0 Å². The fourth-order valence-electron chi connectivity index (χ4n) is 1.27. The molecule has 1 heterocycles. The fraction of sp³-hybridized carbons (Fsp3) is 0.375. The molecule has 1 fully saturated rings. The van der Waals surface area contributed by atoms with E-state index in [1.54, 1.807) is 6.07 Å². The Kier molecular flexibility index (Phi) is 1.72. The van der Waals surface area contributed by atoms with E-state index in [4.69, 9.17) is 5.11 Å². The van der Waals surface area contributed by atoms with Crippen molar-refractivity contribution in [1.82, 2.24) is 4.57 Å². The zero-order valence-corrected chi connectivity index (χ0v) is 7.91. The van der Waals surface area contributed by atoms with Gasteiger partial charge in [-0.25, -0.2) is 4.79 Å². The number of carbonyl (C=O) groups is 1. The van der Waals surface area contributed by atoms with Gasteiger partial charge < -0.3 is 9.67 Å². The summed E-state index contributed by atoms with van der Waals surface area (Å²) in [6.45, 7) is 0. The average molecular weight is 230 g/mol. The molecule has 0 amide bonds. The van der Waals surface area contributed by atoms with E-state index in [1.807, 2.05) is 10.8 Å². The first-order valence-corrected chi connectivity index (χ1v) is 4.58. The minimum absolute atomic E-state index is 0.379. The third-order valence-corrected chi connectivity index (χ3v) is 2.41. The summed E-state index contributed by atoms with van der Waals surface area (Å²) >= 11 is 3.26. The van der Waals surface area contributed by atoms with Gasteiger partial charge in [-0.15, -0.1) is 0 Å². The van der Waals surface area contributed by atoms with Crippen molar-refractivity contribution in [3.63, 3.8) is 0 Å². The molecule has 0 bridgehead atoms. The van der Waals surface area contributed by atoms with Crippen LogP contribution in [0.3, 0.4) is 0 Å². The van der Waals surface area contributed by atoms with Gasteiger partial charge in [0, 0.05) is 16.7 Å². The van der Waals surface area contributed by atoms with E-state index < -0.39 is 5.97 Å². The summed E-state index contributed by atoms with van der Waals surface area (Å²) in [6.07, 6.45) is 4.03. The lowest BCUT2D eigenvalue weighted by molar-refractivity contribution is 0.0685. The lowest BCUT2D eigenvalue weighted by atomic mass is 10.4. The van der Waals surface area contributed by atoms with E-state index >= 15 is 0 Å². The van der Waals surface area contributed by atoms with Crippen LogP contribution in [0.2, 0.25) is 0 Å². The second-order valence-corrected chi connectivity index (χ2v) is 3.90. The number of aromatic nitrogens is 1. The molecule has 64 valence electrons. The summed E-state index contributed by atoms with van der Waals surface area (Å²) in [6, 6.07) is 2.06. The van der Waals surface area contributed by atoms with Crippen LogP contribution in [0.5, 0.6) is 0 Å². The zero-order chi connectivity index (χ0) is 8.72. The molecule has 1 aliphatic rings.